The number of halogens is 2. The first kappa shape index (κ1) is 23.3. The first-order valence-electron chi connectivity index (χ1n) is 10.4. The Kier molecular flexibility index (Phi) is 6.79. The second kappa shape index (κ2) is 9.93. The van der Waals surface area contributed by atoms with Crippen LogP contribution in [-0.4, -0.2) is 19.3 Å². The van der Waals surface area contributed by atoms with Crippen molar-refractivity contribution in [2.45, 2.75) is 17.2 Å². The minimum Gasteiger partial charge on any atom is -0.299 e. The van der Waals surface area contributed by atoms with Crippen LogP contribution in [0.2, 0.25) is 0 Å². The van der Waals surface area contributed by atoms with Gasteiger partial charge in [-0.1, -0.05) is 36.4 Å². The molecule has 172 valence electrons. The lowest BCUT2D eigenvalue weighted by atomic mass is 10.1. The van der Waals surface area contributed by atoms with Gasteiger partial charge >= 0.3 is 0 Å². The summed E-state index contributed by atoms with van der Waals surface area (Å²) in [5.74, 6) is -2.54. The van der Waals surface area contributed by atoms with Crippen LogP contribution in [0.4, 0.5) is 14.5 Å². The van der Waals surface area contributed by atoms with E-state index in [2.05, 4.69) is 4.98 Å². The van der Waals surface area contributed by atoms with Crippen molar-refractivity contribution in [3.8, 4) is 0 Å². The second-order valence-electron chi connectivity index (χ2n) is 7.58. The predicted molar refractivity (Wildman–Crippen MR) is 125 cm³/mol. The summed E-state index contributed by atoms with van der Waals surface area (Å²) in [5, 5.41) is 0. The Labute approximate surface area is 196 Å². The predicted octanol–water partition coefficient (Wildman–Crippen LogP) is 5.18. The molecule has 0 saturated heterocycles. The number of carbonyl (C=O) groups is 1. The van der Waals surface area contributed by atoms with Gasteiger partial charge in [0.05, 0.1) is 28.6 Å². The SMILES string of the molecule is O=C(c1cccc(CS(=O)(=O)c2ccccc2)c1)N(Cc1ccccn1)c1ccc(F)cc1F. The van der Waals surface area contributed by atoms with Gasteiger partial charge in [-0.2, -0.15) is 0 Å². The van der Waals surface area contributed by atoms with E-state index in [9.17, 15) is 22.0 Å². The van der Waals surface area contributed by atoms with E-state index in [-0.39, 0.29) is 28.4 Å². The van der Waals surface area contributed by atoms with Gasteiger partial charge in [0.25, 0.3) is 5.91 Å². The third kappa shape index (κ3) is 5.35. The van der Waals surface area contributed by atoms with Gasteiger partial charge in [-0.15, -0.1) is 0 Å². The zero-order valence-corrected chi connectivity index (χ0v) is 18.8. The Morgan fingerprint density at radius 1 is 0.853 bits per heavy atom. The van der Waals surface area contributed by atoms with E-state index >= 15 is 0 Å². The Hall–Kier alpha value is -3.91. The summed E-state index contributed by atoms with van der Waals surface area (Å²) in [6.45, 7) is -0.0607. The highest BCUT2D eigenvalue weighted by Gasteiger charge is 2.23. The van der Waals surface area contributed by atoms with Crippen LogP contribution in [0.5, 0.6) is 0 Å². The molecule has 4 aromatic rings. The van der Waals surface area contributed by atoms with Gasteiger partial charge in [0.15, 0.2) is 9.84 Å². The van der Waals surface area contributed by atoms with Crippen molar-refractivity contribution >= 4 is 21.4 Å². The third-order valence-electron chi connectivity index (χ3n) is 5.12. The Morgan fingerprint density at radius 2 is 1.62 bits per heavy atom. The molecule has 8 heteroatoms. The summed E-state index contributed by atoms with van der Waals surface area (Å²) < 4.78 is 53.7. The summed E-state index contributed by atoms with van der Waals surface area (Å²) in [7, 11) is -3.62. The summed E-state index contributed by atoms with van der Waals surface area (Å²) in [4.78, 5) is 19.0. The number of hydrogen-bond donors (Lipinski definition) is 0. The molecule has 0 saturated carbocycles. The number of rotatable bonds is 7. The van der Waals surface area contributed by atoms with Crippen molar-refractivity contribution in [2.75, 3.05) is 4.90 Å². The number of hydrogen-bond acceptors (Lipinski definition) is 4. The molecule has 1 amide bonds. The lowest BCUT2D eigenvalue weighted by molar-refractivity contribution is 0.0983. The normalized spacial score (nSPS) is 11.2. The quantitative estimate of drug-likeness (QED) is 0.367. The molecule has 0 aliphatic rings. The minimum atomic E-state index is -3.62. The maximum atomic E-state index is 14.6. The molecule has 0 N–H and O–H groups in total. The zero-order valence-electron chi connectivity index (χ0n) is 17.9. The van der Waals surface area contributed by atoms with E-state index < -0.39 is 27.4 Å². The maximum absolute atomic E-state index is 14.6. The summed E-state index contributed by atoms with van der Waals surface area (Å²) in [6.07, 6.45) is 1.55. The monoisotopic (exact) mass is 478 g/mol. The molecule has 4 rings (SSSR count). The molecule has 1 heterocycles. The van der Waals surface area contributed by atoms with Crippen LogP contribution >= 0.6 is 0 Å². The largest absolute Gasteiger partial charge is 0.299 e. The average Bonchev–Trinajstić information content (AvgIpc) is 2.84. The number of anilines is 1. The van der Waals surface area contributed by atoms with Gasteiger partial charge in [-0.3, -0.25) is 14.7 Å². The van der Waals surface area contributed by atoms with Crippen molar-refractivity contribution in [1.29, 1.82) is 0 Å². The van der Waals surface area contributed by atoms with Crippen LogP contribution in [0.3, 0.4) is 0 Å². The molecule has 3 aromatic carbocycles. The average molecular weight is 479 g/mol. The number of carbonyl (C=O) groups excluding carboxylic acids is 1. The Balaban J connectivity index is 1.68. The molecular formula is C26H20F2N2O3S. The van der Waals surface area contributed by atoms with Crippen LogP contribution < -0.4 is 4.90 Å². The van der Waals surface area contributed by atoms with E-state index in [0.717, 1.165) is 11.0 Å². The number of pyridine rings is 1. The number of benzene rings is 3. The molecule has 34 heavy (non-hydrogen) atoms. The molecular weight excluding hydrogens is 458 g/mol. The van der Waals surface area contributed by atoms with Crippen LogP contribution in [-0.2, 0) is 22.1 Å². The van der Waals surface area contributed by atoms with Crippen LogP contribution in [0.15, 0.2) is 102 Å². The Bertz CT molecular complexity index is 1410. The molecule has 0 fully saturated rings. The minimum absolute atomic E-state index is 0.0607. The molecule has 5 nitrogen and oxygen atoms in total. The van der Waals surface area contributed by atoms with Gasteiger partial charge in [0.2, 0.25) is 0 Å². The molecule has 0 unspecified atom stereocenters. The molecule has 0 aliphatic heterocycles. The van der Waals surface area contributed by atoms with Gasteiger partial charge in [-0.25, -0.2) is 17.2 Å². The first-order chi connectivity index (χ1) is 16.3. The van der Waals surface area contributed by atoms with E-state index in [1.165, 1.54) is 30.3 Å². The molecule has 0 spiro atoms. The molecule has 0 atom stereocenters. The fraction of sp³-hybridized carbons (Fsp3) is 0.0769. The highest BCUT2D eigenvalue weighted by Crippen LogP contribution is 2.25. The first-order valence-corrected chi connectivity index (χ1v) is 12.0. The van der Waals surface area contributed by atoms with Gasteiger partial charge in [0.1, 0.15) is 11.6 Å². The summed E-state index contributed by atoms with van der Waals surface area (Å²) in [5.41, 5.74) is 0.967. The maximum Gasteiger partial charge on any atom is 0.258 e. The van der Waals surface area contributed by atoms with Crippen LogP contribution in [0.25, 0.3) is 0 Å². The molecule has 0 bridgehead atoms. The van der Waals surface area contributed by atoms with Crippen LogP contribution in [0.1, 0.15) is 21.6 Å². The fourth-order valence-corrected chi connectivity index (χ4v) is 4.86. The van der Waals surface area contributed by atoms with Crippen molar-refractivity contribution in [3.05, 3.63) is 126 Å². The molecule has 1 aromatic heterocycles. The standard InChI is InChI=1S/C26H20F2N2O3S/c27-21-12-13-25(24(28)16-21)30(17-22-9-4-5-14-29-22)26(31)20-8-6-7-19(15-20)18-34(32,33)23-10-2-1-3-11-23/h1-16H,17-18H2. The van der Waals surface area contributed by atoms with Gasteiger partial charge in [0, 0.05) is 17.8 Å². The van der Waals surface area contributed by atoms with Crippen molar-refractivity contribution in [2.24, 2.45) is 0 Å². The number of sulfone groups is 1. The van der Waals surface area contributed by atoms with Crippen LogP contribution in [0, 0.1) is 11.6 Å². The number of amides is 1. The third-order valence-corrected chi connectivity index (χ3v) is 6.83. The Morgan fingerprint density at radius 3 is 2.32 bits per heavy atom. The highest BCUT2D eigenvalue weighted by atomic mass is 32.2. The van der Waals surface area contributed by atoms with E-state index in [1.807, 2.05) is 0 Å². The second-order valence-corrected chi connectivity index (χ2v) is 9.57. The van der Waals surface area contributed by atoms with Crippen molar-refractivity contribution in [3.63, 3.8) is 0 Å². The lowest BCUT2D eigenvalue weighted by Gasteiger charge is -2.23. The van der Waals surface area contributed by atoms with Crippen molar-refractivity contribution in [1.82, 2.24) is 4.98 Å². The van der Waals surface area contributed by atoms with E-state index in [4.69, 9.17) is 0 Å². The summed E-state index contributed by atoms with van der Waals surface area (Å²) >= 11 is 0. The van der Waals surface area contributed by atoms with Gasteiger partial charge < -0.3 is 0 Å². The lowest BCUT2D eigenvalue weighted by Crippen LogP contribution is -2.31. The number of nitrogens with zero attached hydrogens (tertiary/aromatic N) is 2. The topological polar surface area (TPSA) is 67.3 Å². The smallest absolute Gasteiger partial charge is 0.258 e. The highest BCUT2D eigenvalue weighted by molar-refractivity contribution is 7.90. The molecule has 0 aliphatic carbocycles. The number of aromatic nitrogens is 1. The van der Waals surface area contributed by atoms with Crippen molar-refractivity contribution < 1.29 is 22.0 Å². The zero-order chi connectivity index (χ0) is 24.1. The fourth-order valence-electron chi connectivity index (χ4n) is 3.50. The van der Waals surface area contributed by atoms with E-state index in [1.54, 1.807) is 54.7 Å². The van der Waals surface area contributed by atoms with E-state index in [0.29, 0.717) is 17.3 Å². The van der Waals surface area contributed by atoms with Gasteiger partial charge in [-0.05, 0) is 54.1 Å². The molecule has 0 radical (unpaired) electrons. The summed E-state index contributed by atoms with van der Waals surface area (Å²) in [6, 6.07) is 22.3.